The number of piperidine rings is 1. The second-order valence-corrected chi connectivity index (χ2v) is 9.03. The van der Waals surface area contributed by atoms with Crippen molar-refractivity contribution in [3.05, 3.63) is 65.5 Å². The number of aryl methyl sites for hydroxylation is 2. The smallest absolute Gasteiger partial charge is 0.155 e. The third-order valence-corrected chi connectivity index (χ3v) is 6.97. The van der Waals surface area contributed by atoms with Gasteiger partial charge in [-0.25, -0.2) is 9.50 Å². The van der Waals surface area contributed by atoms with Crippen LogP contribution >= 0.6 is 0 Å². The van der Waals surface area contributed by atoms with Gasteiger partial charge in [0.2, 0.25) is 0 Å². The van der Waals surface area contributed by atoms with Gasteiger partial charge < -0.3 is 4.90 Å². The molecule has 0 bridgehead atoms. The maximum atomic E-state index is 5.06. The topological polar surface area (TPSA) is 72.1 Å². The molecule has 0 saturated carbocycles. The lowest BCUT2D eigenvalue weighted by atomic mass is 9.76. The summed E-state index contributed by atoms with van der Waals surface area (Å²) in [6, 6.07) is 8.41. The predicted octanol–water partition coefficient (Wildman–Crippen LogP) is 3.58. The molecule has 1 fully saturated rings. The Kier molecular flexibility index (Phi) is 4.06. The van der Waals surface area contributed by atoms with Crippen LogP contribution in [0.4, 0.5) is 5.82 Å². The zero-order chi connectivity index (χ0) is 21.0. The van der Waals surface area contributed by atoms with Crippen LogP contribution < -0.4 is 4.90 Å². The number of rotatable bonds is 2. The normalized spacial score (nSPS) is 17.4. The summed E-state index contributed by atoms with van der Waals surface area (Å²) in [6.07, 6.45) is 10.2. The first-order chi connectivity index (χ1) is 15.1. The fourth-order valence-corrected chi connectivity index (χ4v) is 5.40. The molecule has 1 aliphatic heterocycles. The highest BCUT2D eigenvalue weighted by Crippen LogP contribution is 2.44. The van der Waals surface area contributed by atoms with Crippen molar-refractivity contribution in [2.75, 3.05) is 18.0 Å². The number of pyridine rings is 1. The van der Waals surface area contributed by atoms with Gasteiger partial charge in [-0.05, 0) is 68.7 Å². The molecule has 0 atom stereocenters. The minimum Gasteiger partial charge on any atom is -0.355 e. The highest BCUT2D eigenvalue weighted by atomic mass is 15.3. The SMILES string of the molecule is Cc1cc(-c2c(C)nc(N3CCC4(CC3)Cc3cccnc3C4)c3ccnn23)cnn1. The molecule has 6 rings (SSSR count). The van der Waals surface area contributed by atoms with Crippen molar-refractivity contribution in [3.63, 3.8) is 0 Å². The van der Waals surface area contributed by atoms with Crippen molar-refractivity contribution in [2.24, 2.45) is 5.41 Å². The molecule has 31 heavy (non-hydrogen) atoms. The average Bonchev–Trinajstić information content (AvgIpc) is 3.38. The van der Waals surface area contributed by atoms with E-state index in [1.807, 2.05) is 29.9 Å². The van der Waals surface area contributed by atoms with Gasteiger partial charge in [0.15, 0.2) is 5.82 Å². The molecule has 1 saturated heterocycles. The van der Waals surface area contributed by atoms with Crippen molar-refractivity contribution in [1.29, 1.82) is 0 Å². The number of hydrogen-bond acceptors (Lipinski definition) is 6. The van der Waals surface area contributed by atoms with E-state index in [0.29, 0.717) is 5.41 Å². The van der Waals surface area contributed by atoms with Crippen LogP contribution in [0.25, 0.3) is 16.8 Å². The first-order valence-corrected chi connectivity index (χ1v) is 10.9. The number of anilines is 1. The number of fused-ring (bicyclic) bond motifs is 2. The zero-order valence-electron chi connectivity index (χ0n) is 17.9. The van der Waals surface area contributed by atoms with Gasteiger partial charge in [-0.2, -0.15) is 15.3 Å². The Morgan fingerprint density at radius 1 is 1.03 bits per heavy atom. The Labute approximate surface area is 181 Å². The summed E-state index contributed by atoms with van der Waals surface area (Å²) < 4.78 is 2.01. The van der Waals surface area contributed by atoms with E-state index >= 15 is 0 Å². The van der Waals surface area contributed by atoms with Gasteiger partial charge in [0, 0.05) is 30.5 Å². The molecular formula is C24H25N7. The van der Waals surface area contributed by atoms with Crippen LogP contribution in [0.2, 0.25) is 0 Å². The quantitative estimate of drug-likeness (QED) is 0.502. The Morgan fingerprint density at radius 2 is 1.90 bits per heavy atom. The molecule has 0 unspecified atom stereocenters. The van der Waals surface area contributed by atoms with E-state index in [9.17, 15) is 0 Å². The van der Waals surface area contributed by atoms with Gasteiger partial charge in [-0.3, -0.25) is 4.98 Å². The molecule has 0 radical (unpaired) electrons. The standard InChI is InChI=1S/C24H25N7/c1-16-12-19(15-26-29-16)22-17(2)28-23(21-5-9-27-31(21)22)30-10-6-24(7-11-30)13-18-4-3-8-25-20(18)14-24/h3-5,8-9,12,15H,6-7,10-11,13-14H2,1-2H3. The average molecular weight is 412 g/mol. The summed E-state index contributed by atoms with van der Waals surface area (Å²) in [5, 5.41) is 12.9. The first-order valence-electron chi connectivity index (χ1n) is 10.9. The van der Waals surface area contributed by atoms with Crippen molar-refractivity contribution < 1.29 is 0 Å². The van der Waals surface area contributed by atoms with E-state index in [-0.39, 0.29) is 0 Å². The fraction of sp³-hybridized carbons (Fsp3) is 0.375. The van der Waals surface area contributed by atoms with Gasteiger partial charge in [0.1, 0.15) is 5.52 Å². The summed E-state index contributed by atoms with van der Waals surface area (Å²) >= 11 is 0. The first kappa shape index (κ1) is 18.4. The highest BCUT2D eigenvalue weighted by Gasteiger charge is 2.41. The van der Waals surface area contributed by atoms with Crippen LogP contribution in [0.3, 0.4) is 0 Å². The molecule has 1 aliphatic carbocycles. The lowest BCUT2D eigenvalue weighted by molar-refractivity contribution is 0.231. The van der Waals surface area contributed by atoms with E-state index in [1.54, 1.807) is 6.20 Å². The molecule has 156 valence electrons. The van der Waals surface area contributed by atoms with Crippen LogP contribution in [-0.4, -0.2) is 42.9 Å². The van der Waals surface area contributed by atoms with Gasteiger partial charge >= 0.3 is 0 Å². The third kappa shape index (κ3) is 2.99. The Hall–Kier alpha value is -3.35. The number of aromatic nitrogens is 6. The molecule has 0 N–H and O–H groups in total. The van der Waals surface area contributed by atoms with Crippen LogP contribution in [0.5, 0.6) is 0 Å². The second-order valence-electron chi connectivity index (χ2n) is 9.03. The Morgan fingerprint density at radius 3 is 2.71 bits per heavy atom. The summed E-state index contributed by atoms with van der Waals surface area (Å²) in [4.78, 5) is 12.1. The Balaban J connectivity index is 1.32. The van der Waals surface area contributed by atoms with Crippen molar-refractivity contribution in [3.8, 4) is 11.3 Å². The maximum Gasteiger partial charge on any atom is 0.155 e. The molecule has 0 aromatic carbocycles. The van der Waals surface area contributed by atoms with Gasteiger partial charge in [0.05, 0.1) is 29.5 Å². The van der Waals surface area contributed by atoms with Crippen LogP contribution in [0.1, 0.15) is 35.5 Å². The van der Waals surface area contributed by atoms with Crippen LogP contribution in [-0.2, 0) is 12.8 Å². The largest absolute Gasteiger partial charge is 0.355 e. The van der Waals surface area contributed by atoms with Crippen molar-refractivity contribution >= 4 is 11.3 Å². The second kappa shape index (κ2) is 6.83. The minimum absolute atomic E-state index is 0.360. The van der Waals surface area contributed by atoms with Gasteiger partial charge in [-0.15, -0.1) is 0 Å². The molecule has 4 aromatic rings. The monoisotopic (exact) mass is 411 g/mol. The van der Waals surface area contributed by atoms with Crippen LogP contribution in [0.15, 0.2) is 42.9 Å². The summed E-state index contributed by atoms with van der Waals surface area (Å²) in [5.41, 5.74) is 7.95. The fourth-order valence-electron chi connectivity index (χ4n) is 5.40. The summed E-state index contributed by atoms with van der Waals surface area (Å²) in [7, 11) is 0. The molecule has 2 aliphatic rings. The van der Waals surface area contributed by atoms with E-state index in [4.69, 9.17) is 4.98 Å². The summed E-state index contributed by atoms with van der Waals surface area (Å²) in [5.74, 6) is 1.03. The van der Waals surface area contributed by atoms with E-state index < -0.39 is 0 Å². The number of nitrogens with zero attached hydrogens (tertiary/aromatic N) is 7. The van der Waals surface area contributed by atoms with E-state index in [0.717, 1.165) is 59.9 Å². The zero-order valence-corrected chi connectivity index (χ0v) is 17.9. The third-order valence-electron chi connectivity index (χ3n) is 6.97. The molecular weight excluding hydrogens is 386 g/mol. The van der Waals surface area contributed by atoms with Crippen molar-refractivity contribution in [1.82, 2.24) is 29.8 Å². The lowest BCUT2D eigenvalue weighted by Crippen LogP contribution is -2.41. The van der Waals surface area contributed by atoms with E-state index in [2.05, 4.69) is 50.3 Å². The predicted molar refractivity (Wildman–Crippen MR) is 119 cm³/mol. The molecule has 5 heterocycles. The maximum absolute atomic E-state index is 5.06. The molecule has 7 heteroatoms. The van der Waals surface area contributed by atoms with Crippen molar-refractivity contribution in [2.45, 2.75) is 39.5 Å². The molecule has 0 amide bonds. The molecule has 4 aromatic heterocycles. The molecule has 7 nitrogen and oxygen atoms in total. The van der Waals surface area contributed by atoms with Gasteiger partial charge in [0.25, 0.3) is 0 Å². The number of hydrogen-bond donors (Lipinski definition) is 0. The minimum atomic E-state index is 0.360. The highest BCUT2D eigenvalue weighted by molar-refractivity contribution is 5.75. The molecule has 1 spiro atoms. The Bertz CT molecular complexity index is 1260. The lowest BCUT2D eigenvalue weighted by Gasteiger charge is -2.40. The van der Waals surface area contributed by atoms with E-state index in [1.165, 1.54) is 24.1 Å². The summed E-state index contributed by atoms with van der Waals surface area (Å²) in [6.45, 7) is 6.03. The van der Waals surface area contributed by atoms with Gasteiger partial charge in [-0.1, -0.05) is 6.07 Å². The van der Waals surface area contributed by atoms with Crippen LogP contribution in [0, 0.1) is 19.3 Å².